The minimum Gasteiger partial charge on any atom is -0.481 e. The molecule has 2 nitrogen and oxygen atoms in total. The zero-order valence-corrected chi connectivity index (χ0v) is 18.8. The molecular weight excluding hydrogens is 401 g/mol. The van der Waals surface area contributed by atoms with Crippen LogP contribution in [0.25, 0.3) is 0 Å². The normalized spacial score (nSPS) is 27.4. The predicted octanol–water partition coefficient (Wildman–Crippen LogP) is 8.00. The van der Waals surface area contributed by atoms with Gasteiger partial charge in [-0.05, 0) is 61.6 Å². The van der Waals surface area contributed by atoms with Gasteiger partial charge in [-0.25, -0.2) is 13.2 Å². The molecule has 3 atom stereocenters. The van der Waals surface area contributed by atoms with Crippen molar-refractivity contribution in [3.63, 3.8) is 0 Å². The molecule has 0 spiro atoms. The van der Waals surface area contributed by atoms with Gasteiger partial charge in [0.25, 0.3) is 0 Å². The van der Waals surface area contributed by atoms with Crippen LogP contribution in [-0.4, -0.2) is 11.1 Å². The highest BCUT2D eigenvalue weighted by atomic mass is 19.2. The quantitative estimate of drug-likeness (QED) is 0.313. The molecule has 1 N–H and O–H groups in total. The zero-order chi connectivity index (χ0) is 22.4. The molecule has 0 radical (unpaired) electrons. The molecule has 1 aromatic carbocycles. The molecule has 1 unspecified atom stereocenters. The van der Waals surface area contributed by atoms with E-state index < -0.39 is 34.8 Å². The van der Waals surface area contributed by atoms with Crippen LogP contribution in [-0.2, 0) is 4.79 Å². The number of benzene rings is 1. The smallest absolute Gasteiger partial charge is 0.310 e. The second-order valence-electron chi connectivity index (χ2n) is 9.87. The lowest BCUT2D eigenvalue weighted by Gasteiger charge is -2.49. The lowest BCUT2D eigenvalue weighted by atomic mass is 9.53. The summed E-state index contributed by atoms with van der Waals surface area (Å²) in [5.74, 6) is -4.91. The molecule has 2 aliphatic rings. The largest absolute Gasteiger partial charge is 0.481 e. The van der Waals surface area contributed by atoms with Crippen molar-refractivity contribution in [1.82, 2.24) is 0 Å². The van der Waals surface area contributed by atoms with Gasteiger partial charge in [-0.3, -0.25) is 4.79 Å². The van der Waals surface area contributed by atoms with E-state index in [9.17, 15) is 23.1 Å². The van der Waals surface area contributed by atoms with Gasteiger partial charge < -0.3 is 5.11 Å². The summed E-state index contributed by atoms with van der Waals surface area (Å²) in [5, 5.41) is 10.5. The Balaban J connectivity index is 1.89. The zero-order valence-electron chi connectivity index (χ0n) is 18.8. The lowest BCUT2D eigenvalue weighted by Crippen LogP contribution is -2.48. The van der Waals surface area contributed by atoms with E-state index in [4.69, 9.17) is 0 Å². The third-order valence-electron chi connectivity index (χ3n) is 8.01. The molecule has 31 heavy (non-hydrogen) atoms. The number of aliphatic carboxylic acids is 1. The molecule has 2 fully saturated rings. The van der Waals surface area contributed by atoms with Gasteiger partial charge in [-0.1, -0.05) is 64.7 Å². The second-order valence-corrected chi connectivity index (χ2v) is 9.87. The molecule has 2 saturated carbocycles. The molecule has 174 valence electrons. The van der Waals surface area contributed by atoms with E-state index in [1.165, 1.54) is 25.7 Å². The molecule has 0 heterocycles. The van der Waals surface area contributed by atoms with Crippen molar-refractivity contribution in [2.75, 3.05) is 0 Å². The fourth-order valence-corrected chi connectivity index (χ4v) is 6.32. The van der Waals surface area contributed by atoms with Gasteiger partial charge in [0.1, 0.15) is 0 Å². The molecule has 0 amide bonds. The van der Waals surface area contributed by atoms with E-state index in [0.717, 1.165) is 63.5 Å². The summed E-state index contributed by atoms with van der Waals surface area (Å²) >= 11 is 0. The number of carboxylic acid groups (broad SMARTS) is 1. The highest BCUT2D eigenvalue weighted by molar-refractivity contribution is 5.77. The first-order chi connectivity index (χ1) is 14.9. The Morgan fingerprint density at radius 2 is 1.65 bits per heavy atom. The first kappa shape index (κ1) is 24.1. The fourth-order valence-electron chi connectivity index (χ4n) is 6.32. The van der Waals surface area contributed by atoms with E-state index in [1.54, 1.807) is 0 Å². The Morgan fingerprint density at radius 3 is 2.26 bits per heavy atom. The average Bonchev–Trinajstić information content (AvgIpc) is 2.77. The molecule has 0 bridgehead atoms. The lowest BCUT2D eigenvalue weighted by molar-refractivity contribution is -0.159. The van der Waals surface area contributed by atoms with E-state index >= 15 is 0 Å². The summed E-state index contributed by atoms with van der Waals surface area (Å²) < 4.78 is 42.0. The molecule has 0 aromatic heterocycles. The molecule has 1 aromatic rings. The number of carbonyl (C=O) groups is 1. The number of hydrogen-bond acceptors (Lipinski definition) is 1. The molecule has 0 saturated heterocycles. The first-order valence-electron chi connectivity index (χ1n) is 12.3. The van der Waals surface area contributed by atoms with Crippen LogP contribution >= 0.6 is 0 Å². The van der Waals surface area contributed by atoms with Crippen molar-refractivity contribution >= 4 is 5.97 Å². The van der Waals surface area contributed by atoms with Gasteiger partial charge in [0.05, 0.1) is 5.41 Å². The van der Waals surface area contributed by atoms with Crippen LogP contribution in [0, 0.1) is 34.7 Å². The van der Waals surface area contributed by atoms with Crippen LogP contribution in [0.1, 0.15) is 108 Å². The minimum atomic E-state index is -1.48. The second kappa shape index (κ2) is 10.9. The number of hydrogen-bond donors (Lipinski definition) is 1. The average molecular weight is 439 g/mol. The molecule has 0 aliphatic heterocycles. The van der Waals surface area contributed by atoms with Gasteiger partial charge >= 0.3 is 5.97 Å². The number of halogens is 3. The van der Waals surface area contributed by atoms with Crippen LogP contribution in [0.4, 0.5) is 13.2 Å². The predicted molar refractivity (Wildman–Crippen MR) is 116 cm³/mol. The van der Waals surface area contributed by atoms with Crippen LogP contribution in [0.15, 0.2) is 12.1 Å². The van der Waals surface area contributed by atoms with E-state index in [-0.39, 0.29) is 5.92 Å². The molecular formula is C26H37F3O2. The summed E-state index contributed by atoms with van der Waals surface area (Å²) in [5.41, 5.74) is -0.699. The minimum absolute atomic E-state index is 0.00503. The first-order valence-corrected chi connectivity index (χ1v) is 12.3. The van der Waals surface area contributed by atoms with Crippen molar-refractivity contribution in [2.24, 2.45) is 17.3 Å². The third-order valence-corrected chi connectivity index (χ3v) is 8.01. The Bertz CT molecular complexity index is 721. The standard InChI is InChI=1S/C26H37F3O2/c1-2-3-4-5-7-10-18-13-14-26(25(30)31,20-11-8-6-9-12-20)21(15-18)19-16-22(27)24(29)23(28)17-19/h16-18,20-21H,2-15H2,1H3,(H,30,31)/t18-,21?,26-/m1/s1. The van der Waals surface area contributed by atoms with Gasteiger partial charge in [0, 0.05) is 5.92 Å². The van der Waals surface area contributed by atoms with Gasteiger partial charge in [0.15, 0.2) is 17.5 Å². The van der Waals surface area contributed by atoms with E-state index in [1.807, 2.05) is 0 Å². The van der Waals surface area contributed by atoms with E-state index in [2.05, 4.69) is 6.92 Å². The van der Waals surface area contributed by atoms with Crippen molar-refractivity contribution < 1.29 is 23.1 Å². The Kier molecular flexibility index (Phi) is 8.46. The van der Waals surface area contributed by atoms with Crippen LogP contribution in [0.3, 0.4) is 0 Å². The summed E-state index contributed by atoms with van der Waals surface area (Å²) in [4.78, 5) is 12.8. The summed E-state index contributed by atoms with van der Waals surface area (Å²) in [7, 11) is 0. The summed E-state index contributed by atoms with van der Waals surface area (Å²) in [6.45, 7) is 2.18. The van der Waals surface area contributed by atoms with Gasteiger partial charge in [-0.2, -0.15) is 0 Å². The third kappa shape index (κ3) is 5.28. The van der Waals surface area contributed by atoms with Crippen molar-refractivity contribution in [3.05, 3.63) is 35.1 Å². The van der Waals surface area contributed by atoms with Crippen molar-refractivity contribution in [3.8, 4) is 0 Å². The summed E-state index contributed by atoms with van der Waals surface area (Å²) in [6, 6.07) is 2.10. The van der Waals surface area contributed by atoms with Gasteiger partial charge in [-0.15, -0.1) is 0 Å². The molecule has 5 heteroatoms. The SMILES string of the molecule is CCCCCCC[C@@H]1CC[C@@](C(=O)O)(C2CCCCC2)C(c2cc(F)c(F)c(F)c2)C1. The van der Waals surface area contributed by atoms with Crippen LogP contribution in [0.2, 0.25) is 0 Å². The van der Waals surface area contributed by atoms with Crippen LogP contribution < -0.4 is 0 Å². The van der Waals surface area contributed by atoms with Gasteiger partial charge in [0.2, 0.25) is 0 Å². The maximum Gasteiger partial charge on any atom is 0.310 e. The van der Waals surface area contributed by atoms with E-state index in [0.29, 0.717) is 24.3 Å². The summed E-state index contributed by atoms with van der Waals surface area (Å²) in [6.07, 6.45) is 13.7. The van der Waals surface area contributed by atoms with Crippen molar-refractivity contribution in [1.29, 1.82) is 0 Å². The number of carboxylic acids is 1. The molecule has 2 aliphatic carbocycles. The maximum absolute atomic E-state index is 14.1. The molecule has 3 rings (SSSR count). The topological polar surface area (TPSA) is 37.3 Å². The Morgan fingerprint density at radius 1 is 1.00 bits per heavy atom. The monoisotopic (exact) mass is 438 g/mol. The number of unbranched alkanes of at least 4 members (excludes halogenated alkanes) is 4. The highest BCUT2D eigenvalue weighted by Crippen LogP contribution is 2.57. The van der Waals surface area contributed by atoms with Crippen LogP contribution in [0.5, 0.6) is 0 Å². The number of rotatable bonds is 9. The maximum atomic E-state index is 14.1. The fraction of sp³-hybridized carbons (Fsp3) is 0.731. The Hall–Kier alpha value is -1.52. The Labute approximate surface area is 184 Å². The van der Waals surface area contributed by atoms with Crippen molar-refractivity contribution in [2.45, 2.75) is 103 Å². The highest BCUT2D eigenvalue weighted by Gasteiger charge is 2.54.